The number of rotatable bonds is 3. The van der Waals surface area contributed by atoms with Crippen molar-refractivity contribution in [3.63, 3.8) is 0 Å². The summed E-state index contributed by atoms with van der Waals surface area (Å²) in [4.78, 5) is 15.3. The van der Waals surface area contributed by atoms with Gasteiger partial charge in [-0.2, -0.15) is 0 Å². The van der Waals surface area contributed by atoms with Gasteiger partial charge in [-0.25, -0.2) is 9.37 Å². The van der Waals surface area contributed by atoms with Gasteiger partial charge in [-0.3, -0.25) is 4.79 Å². The van der Waals surface area contributed by atoms with Crippen LogP contribution in [0.4, 0.5) is 10.2 Å². The molecule has 4 nitrogen and oxygen atoms in total. The second kappa shape index (κ2) is 7.42. The number of carbonyl (C=O) groups is 1. The minimum Gasteiger partial charge on any atom is -0.329 e. The molecule has 0 saturated carbocycles. The zero-order chi connectivity index (χ0) is 11.5. The predicted octanol–water partition coefficient (Wildman–Crippen LogP) is 1.99. The minimum atomic E-state index is -0.657. The van der Waals surface area contributed by atoms with Crippen LogP contribution < -0.4 is 11.1 Å². The summed E-state index contributed by atoms with van der Waals surface area (Å²) in [6.07, 6.45) is 1.05. The zero-order valence-electron chi connectivity index (χ0n) is 9.57. The Labute approximate surface area is 112 Å². The first kappa shape index (κ1) is 18.5. The molecule has 0 aliphatic heterocycles. The summed E-state index contributed by atoms with van der Waals surface area (Å²) >= 11 is 0. The maximum Gasteiger partial charge on any atom is 0.232 e. The van der Waals surface area contributed by atoms with Crippen LogP contribution in [0.25, 0.3) is 0 Å². The molecule has 0 bridgehead atoms. The highest BCUT2D eigenvalue weighted by Crippen LogP contribution is 2.15. The Hall–Kier alpha value is -0.910. The lowest BCUT2D eigenvalue weighted by Gasteiger charge is -2.20. The number of nitrogens with two attached hydrogens (primary N) is 1. The van der Waals surface area contributed by atoms with Gasteiger partial charge in [0.15, 0.2) is 0 Å². The largest absolute Gasteiger partial charge is 0.329 e. The number of amides is 1. The highest BCUT2D eigenvalue weighted by Gasteiger charge is 2.25. The van der Waals surface area contributed by atoms with E-state index in [-0.39, 0.29) is 37.3 Å². The fourth-order valence-electron chi connectivity index (χ4n) is 0.828. The van der Waals surface area contributed by atoms with E-state index in [4.69, 9.17) is 5.73 Å². The Kier molecular flexibility index (Phi) is 8.06. The summed E-state index contributed by atoms with van der Waals surface area (Å²) in [7, 11) is 0. The van der Waals surface area contributed by atoms with E-state index < -0.39 is 11.2 Å². The van der Waals surface area contributed by atoms with Gasteiger partial charge >= 0.3 is 0 Å². The molecule has 0 aliphatic carbocycles. The lowest BCUT2D eigenvalue weighted by atomic mass is 9.93. The van der Waals surface area contributed by atoms with Gasteiger partial charge < -0.3 is 11.1 Å². The smallest absolute Gasteiger partial charge is 0.232 e. The number of hydrogen-bond donors (Lipinski definition) is 2. The predicted molar refractivity (Wildman–Crippen MR) is 70.2 cm³/mol. The van der Waals surface area contributed by atoms with Crippen LogP contribution in [0.2, 0.25) is 0 Å². The number of aromatic nitrogens is 1. The van der Waals surface area contributed by atoms with Crippen LogP contribution in [0, 0.1) is 11.2 Å². The van der Waals surface area contributed by atoms with Crippen molar-refractivity contribution >= 4 is 36.5 Å². The molecule has 1 rings (SSSR count). The molecular weight excluding hydrogens is 268 g/mol. The summed E-state index contributed by atoms with van der Waals surface area (Å²) in [5.41, 5.74) is 4.79. The van der Waals surface area contributed by atoms with E-state index >= 15 is 0 Å². The van der Waals surface area contributed by atoms with E-state index in [0.717, 1.165) is 6.20 Å². The van der Waals surface area contributed by atoms with Crippen LogP contribution in [0.15, 0.2) is 18.3 Å². The summed E-state index contributed by atoms with van der Waals surface area (Å²) in [6, 6.07) is 2.64. The first-order valence-corrected chi connectivity index (χ1v) is 4.59. The highest BCUT2D eigenvalue weighted by molar-refractivity contribution is 5.94. The number of nitrogens with zero attached hydrogens (tertiary/aromatic N) is 1. The van der Waals surface area contributed by atoms with Crippen molar-refractivity contribution in [3.8, 4) is 0 Å². The Morgan fingerprint density at radius 3 is 2.47 bits per heavy atom. The van der Waals surface area contributed by atoms with Crippen molar-refractivity contribution in [2.24, 2.45) is 11.1 Å². The minimum absolute atomic E-state index is 0. The van der Waals surface area contributed by atoms with Crippen molar-refractivity contribution < 1.29 is 9.18 Å². The molecule has 0 saturated heterocycles. The summed E-state index contributed by atoms with van der Waals surface area (Å²) in [5, 5.41) is 2.56. The van der Waals surface area contributed by atoms with E-state index in [1.54, 1.807) is 13.8 Å². The van der Waals surface area contributed by atoms with Crippen molar-refractivity contribution in [1.82, 2.24) is 4.98 Å². The van der Waals surface area contributed by atoms with Crippen LogP contribution in [0.3, 0.4) is 0 Å². The maximum absolute atomic E-state index is 12.5. The molecule has 0 atom stereocenters. The number of carbonyl (C=O) groups excluding carboxylic acids is 1. The van der Waals surface area contributed by atoms with Crippen molar-refractivity contribution in [2.75, 3.05) is 11.9 Å². The van der Waals surface area contributed by atoms with E-state index in [1.807, 2.05) is 0 Å². The Morgan fingerprint density at radius 2 is 2.06 bits per heavy atom. The van der Waals surface area contributed by atoms with E-state index in [9.17, 15) is 9.18 Å². The molecule has 7 heteroatoms. The zero-order valence-corrected chi connectivity index (χ0v) is 11.2. The average Bonchev–Trinajstić information content (AvgIpc) is 2.21. The Bertz CT molecular complexity index is 357. The number of anilines is 1. The molecule has 1 aromatic heterocycles. The molecule has 3 N–H and O–H groups in total. The molecule has 1 amide bonds. The SMILES string of the molecule is CC(C)(CN)C(=O)Nc1ccc(F)cn1.Cl.Cl. The second-order valence-corrected chi connectivity index (χ2v) is 3.90. The number of pyridine rings is 1. The number of halogens is 3. The van der Waals surface area contributed by atoms with Crippen molar-refractivity contribution in [1.29, 1.82) is 0 Å². The molecule has 0 aliphatic rings. The van der Waals surface area contributed by atoms with Gasteiger partial charge in [-0.1, -0.05) is 0 Å². The lowest BCUT2D eigenvalue weighted by molar-refractivity contribution is -0.123. The quantitative estimate of drug-likeness (QED) is 0.892. The van der Waals surface area contributed by atoms with Gasteiger partial charge in [0, 0.05) is 6.54 Å². The second-order valence-electron chi connectivity index (χ2n) is 3.90. The lowest BCUT2D eigenvalue weighted by Crippen LogP contribution is -2.37. The fourth-order valence-corrected chi connectivity index (χ4v) is 0.828. The number of nitrogens with one attached hydrogen (secondary N) is 1. The summed E-state index contributed by atoms with van der Waals surface area (Å²) in [6.45, 7) is 3.69. The first-order chi connectivity index (χ1) is 6.95. The number of hydrogen-bond acceptors (Lipinski definition) is 3. The van der Waals surface area contributed by atoms with Gasteiger partial charge in [0.2, 0.25) is 5.91 Å². The van der Waals surface area contributed by atoms with Crippen molar-refractivity contribution in [3.05, 3.63) is 24.1 Å². The van der Waals surface area contributed by atoms with Crippen molar-refractivity contribution in [2.45, 2.75) is 13.8 Å². The Balaban J connectivity index is 0. The molecule has 1 aromatic rings. The van der Waals surface area contributed by atoms with Gasteiger partial charge in [0.05, 0.1) is 11.6 Å². The van der Waals surface area contributed by atoms with Gasteiger partial charge in [-0.15, -0.1) is 24.8 Å². The molecule has 0 spiro atoms. The van der Waals surface area contributed by atoms with E-state index in [2.05, 4.69) is 10.3 Å². The van der Waals surface area contributed by atoms with Crippen LogP contribution in [-0.4, -0.2) is 17.4 Å². The standard InChI is InChI=1S/C10H14FN3O.2ClH/c1-10(2,6-12)9(15)14-8-4-3-7(11)5-13-8;;/h3-5H,6,12H2,1-2H3,(H,13,14,15);2*1H. The highest BCUT2D eigenvalue weighted by atomic mass is 35.5. The molecule has 0 radical (unpaired) electrons. The molecule has 0 aromatic carbocycles. The van der Waals surface area contributed by atoms with Crippen LogP contribution >= 0.6 is 24.8 Å². The average molecular weight is 284 g/mol. The molecule has 0 unspecified atom stereocenters. The monoisotopic (exact) mass is 283 g/mol. The topological polar surface area (TPSA) is 68.0 Å². The summed E-state index contributed by atoms with van der Waals surface area (Å²) in [5.74, 6) is -0.349. The van der Waals surface area contributed by atoms with Gasteiger partial charge in [0.25, 0.3) is 0 Å². The van der Waals surface area contributed by atoms with Crippen LogP contribution in [0.5, 0.6) is 0 Å². The van der Waals surface area contributed by atoms with Crippen LogP contribution in [-0.2, 0) is 4.79 Å². The third-order valence-corrected chi connectivity index (χ3v) is 2.09. The van der Waals surface area contributed by atoms with Gasteiger partial charge in [-0.05, 0) is 26.0 Å². The third-order valence-electron chi connectivity index (χ3n) is 2.09. The van der Waals surface area contributed by atoms with E-state index in [1.165, 1.54) is 12.1 Å². The molecular formula is C10H16Cl2FN3O. The maximum atomic E-state index is 12.5. The van der Waals surface area contributed by atoms with E-state index in [0.29, 0.717) is 5.82 Å². The first-order valence-electron chi connectivity index (χ1n) is 4.59. The Morgan fingerprint density at radius 1 is 1.47 bits per heavy atom. The van der Waals surface area contributed by atoms with Crippen LogP contribution in [0.1, 0.15) is 13.8 Å². The fraction of sp³-hybridized carbons (Fsp3) is 0.400. The van der Waals surface area contributed by atoms with Gasteiger partial charge in [0.1, 0.15) is 11.6 Å². The third kappa shape index (κ3) is 5.30. The molecule has 98 valence electrons. The molecule has 0 fully saturated rings. The normalized spacial score (nSPS) is 9.88. The molecule has 1 heterocycles. The molecule has 17 heavy (non-hydrogen) atoms. The summed E-state index contributed by atoms with van der Waals surface area (Å²) < 4.78 is 12.5.